The third-order valence-electron chi connectivity index (χ3n) is 1.85. The van der Waals surface area contributed by atoms with Gasteiger partial charge in [0.15, 0.2) is 0 Å². The lowest BCUT2D eigenvalue weighted by Gasteiger charge is -2.23. The molecule has 0 fully saturated rings. The first kappa shape index (κ1) is 14.4. The van der Waals surface area contributed by atoms with Gasteiger partial charge in [-0.3, -0.25) is 9.69 Å². The highest BCUT2D eigenvalue weighted by Gasteiger charge is 2.17. The first-order chi connectivity index (χ1) is 6.89. The Morgan fingerprint density at radius 3 is 2.40 bits per heavy atom. The Morgan fingerprint density at radius 1 is 1.40 bits per heavy atom. The van der Waals surface area contributed by atoms with Crippen LogP contribution in [0.2, 0.25) is 0 Å². The van der Waals surface area contributed by atoms with E-state index in [4.69, 9.17) is 9.84 Å². The molecule has 0 saturated heterocycles. The lowest BCUT2D eigenvalue weighted by molar-refractivity contribution is -0.156. The van der Waals surface area contributed by atoms with Gasteiger partial charge < -0.3 is 9.84 Å². The van der Waals surface area contributed by atoms with Crippen molar-refractivity contribution in [3.05, 3.63) is 0 Å². The minimum absolute atomic E-state index is 0.158. The highest BCUT2D eigenvalue weighted by Crippen LogP contribution is 2.07. The SMILES string of the molecule is CCN(CCCO)CC(=O)OC(C)(C)C. The molecule has 4 nitrogen and oxygen atoms in total. The van der Waals surface area contributed by atoms with Crippen molar-refractivity contribution in [3.63, 3.8) is 0 Å². The molecule has 0 aromatic rings. The highest BCUT2D eigenvalue weighted by molar-refractivity contribution is 5.72. The Bertz CT molecular complexity index is 187. The van der Waals surface area contributed by atoms with Crippen LogP contribution in [-0.4, -0.2) is 47.8 Å². The molecule has 90 valence electrons. The second-order valence-corrected chi connectivity index (χ2v) is 4.53. The van der Waals surface area contributed by atoms with E-state index in [1.54, 1.807) is 0 Å². The molecular weight excluding hydrogens is 194 g/mol. The first-order valence-corrected chi connectivity index (χ1v) is 5.44. The third kappa shape index (κ3) is 8.39. The van der Waals surface area contributed by atoms with E-state index in [9.17, 15) is 4.79 Å². The average Bonchev–Trinajstić information content (AvgIpc) is 2.09. The molecule has 0 amide bonds. The van der Waals surface area contributed by atoms with Gasteiger partial charge >= 0.3 is 5.97 Å². The van der Waals surface area contributed by atoms with Crippen molar-refractivity contribution in [1.29, 1.82) is 0 Å². The summed E-state index contributed by atoms with van der Waals surface area (Å²) in [7, 11) is 0. The van der Waals surface area contributed by atoms with E-state index in [0.29, 0.717) is 13.0 Å². The predicted molar refractivity (Wildman–Crippen MR) is 59.7 cm³/mol. The summed E-state index contributed by atoms with van der Waals surface area (Å²) in [6, 6.07) is 0. The topological polar surface area (TPSA) is 49.8 Å². The fourth-order valence-corrected chi connectivity index (χ4v) is 1.20. The first-order valence-electron chi connectivity index (χ1n) is 5.44. The summed E-state index contributed by atoms with van der Waals surface area (Å²) in [6.07, 6.45) is 0.691. The number of aliphatic hydroxyl groups is 1. The number of nitrogens with zero attached hydrogens (tertiary/aromatic N) is 1. The average molecular weight is 217 g/mol. The van der Waals surface area contributed by atoms with Crippen molar-refractivity contribution in [2.45, 2.75) is 39.7 Å². The second kappa shape index (κ2) is 6.80. The van der Waals surface area contributed by atoms with Crippen LogP contribution in [-0.2, 0) is 9.53 Å². The molecule has 0 bridgehead atoms. The van der Waals surface area contributed by atoms with Crippen LogP contribution >= 0.6 is 0 Å². The number of hydrogen-bond donors (Lipinski definition) is 1. The zero-order valence-corrected chi connectivity index (χ0v) is 10.2. The molecule has 0 aromatic carbocycles. The van der Waals surface area contributed by atoms with Crippen molar-refractivity contribution >= 4 is 5.97 Å². The summed E-state index contributed by atoms with van der Waals surface area (Å²) in [5, 5.41) is 8.69. The maximum Gasteiger partial charge on any atom is 0.320 e. The molecule has 0 unspecified atom stereocenters. The lowest BCUT2D eigenvalue weighted by Crippen LogP contribution is -2.35. The molecule has 15 heavy (non-hydrogen) atoms. The number of ether oxygens (including phenoxy) is 1. The van der Waals surface area contributed by atoms with Gasteiger partial charge in [0.1, 0.15) is 5.60 Å². The maximum absolute atomic E-state index is 11.5. The molecule has 0 aliphatic heterocycles. The van der Waals surface area contributed by atoms with Crippen LogP contribution in [0.4, 0.5) is 0 Å². The van der Waals surface area contributed by atoms with E-state index in [0.717, 1.165) is 13.1 Å². The summed E-state index contributed by atoms with van der Waals surface area (Å²) in [6.45, 7) is 9.53. The van der Waals surface area contributed by atoms with Crippen molar-refractivity contribution < 1.29 is 14.6 Å². The van der Waals surface area contributed by atoms with E-state index in [1.807, 2.05) is 32.6 Å². The van der Waals surface area contributed by atoms with Crippen LogP contribution in [0, 0.1) is 0 Å². The van der Waals surface area contributed by atoms with Gasteiger partial charge in [-0.2, -0.15) is 0 Å². The fraction of sp³-hybridized carbons (Fsp3) is 0.909. The van der Waals surface area contributed by atoms with E-state index in [-0.39, 0.29) is 12.6 Å². The van der Waals surface area contributed by atoms with Gasteiger partial charge in [0, 0.05) is 13.2 Å². The van der Waals surface area contributed by atoms with Crippen molar-refractivity contribution in [3.8, 4) is 0 Å². The van der Waals surface area contributed by atoms with Crippen LogP contribution in [0.1, 0.15) is 34.1 Å². The minimum Gasteiger partial charge on any atom is -0.459 e. The zero-order valence-electron chi connectivity index (χ0n) is 10.2. The summed E-state index contributed by atoms with van der Waals surface area (Å²) in [5.41, 5.74) is -0.423. The van der Waals surface area contributed by atoms with Gasteiger partial charge in [0.05, 0.1) is 6.54 Å². The Kier molecular flexibility index (Phi) is 6.52. The number of hydrogen-bond acceptors (Lipinski definition) is 4. The molecule has 0 atom stereocenters. The summed E-state index contributed by atoms with van der Waals surface area (Å²) >= 11 is 0. The summed E-state index contributed by atoms with van der Waals surface area (Å²) in [4.78, 5) is 13.4. The molecule has 0 radical (unpaired) electrons. The Balaban J connectivity index is 3.91. The maximum atomic E-state index is 11.5. The fourth-order valence-electron chi connectivity index (χ4n) is 1.20. The molecular formula is C11H23NO3. The predicted octanol–water partition coefficient (Wildman–Crippen LogP) is 1.03. The number of likely N-dealkylation sites (N-methyl/N-ethyl adjacent to an activating group) is 1. The van der Waals surface area contributed by atoms with E-state index in [1.165, 1.54) is 0 Å². The van der Waals surface area contributed by atoms with Gasteiger partial charge in [-0.15, -0.1) is 0 Å². The quantitative estimate of drug-likeness (QED) is 0.675. The van der Waals surface area contributed by atoms with Crippen molar-refractivity contribution in [1.82, 2.24) is 4.90 Å². The van der Waals surface area contributed by atoms with Crippen LogP contribution in [0.3, 0.4) is 0 Å². The molecule has 0 saturated carbocycles. The van der Waals surface area contributed by atoms with Crippen LogP contribution in [0.25, 0.3) is 0 Å². The monoisotopic (exact) mass is 217 g/mol. The van der Waals surface area contributed by atoms with Gasteiger partial charge in [-0.25, -0.2) is 0 Å². The number of esters is 1. The van der Waals surface area contributed by atoms with Crippen molar-refractivity contribution in [2.75, 3.05) is 26.2 Å². The normalized spacial score (nSPS) is 11.9. The van der Waals surface area contributed by atoms with Gasteiger partial charge in [0.2, 0.25) is 0 Å². The van der Waals surface area contributed by atoms with E-state index >= 15 is 0 Å². The standard InChI is InChI=1S/C11H23NO3/c1-5-12(7-6-8-13)9-10(14)15-11(2,3)4/h13H,5-9H2,1-4H3. The van der Waals surface area contributed by atoms with Crippen LogP contribution < -0.4 is 0 Å². The molecule has 0 heterocycles. The number of carbonyl (C=O) groups is 1. The Labute approximate surface area is 92.2 Å². The van der Waals surface area contributed by atoms with Crippen molar-refractivity contribution in [2.24, 2.45) is 0 Å². The Hall–Kier alpha value is -0.610. The summed E-state index contributed by atoms with van der Waals surface area (Å²) in [5.74, 6) is -0.206. The second-order valence-electron chi connectivity index (χ2n) is 4.53. The molecule has 4 heteroatoms. The molecule has 0 aliphatic carbocycles. The molecule has 0 aliphatic rings. The highest BCUT2D eigenvalue weighted by atomic mass is 16.6. The Morgan fingerprint density at radius 2 is 2.00 bits per heavy atom. The van der Waals surface area contributed by atoms with Gasteiger partial charge in [0.25, 0.3) is 0 Å². The largest absolute Gasteiger partial charge is 0.459 e. The third-order valence-corrected chi connectivity index (χ3v) is 1.85. The number of aliphatic hydroxyl groups excluding tert-OH is 1. The molecule has 0 spiro atoms. The van der Waals surface area contributed by atoms with Gasteiger partial charge in [-0.1, -0.05) is 6.92 Å². The van der Waals surface area contributed by atoms with Crippen LogP contribution in [0.15, 0.2) is 0 Å². The van der Waals surface area contributed by atoms with E-state index < -0.39 is 5.60 Å². The van der Waals surface area contributed by atoms with E-state index in [2.05, 4.69) is 0 Å². The van der Waals surface area contributed by atoms with Crippen LogP contribution in [0.5, 0.6) is 0 Å². The summed E-state index contributed by atoms with van der Waals surface area (Å²) < 4.78 is 5.21. The number of rotatable bonds is 6. The zero-order chi connectivity index (χ0) is 11.9. The molecule has 0 aromatic heterocycles. The van der Waals surface area contributed by atoms with Gasteiger partial charge in [-0.05, 0) is 33.7 Å². The minimum atomic E-state index is -0.423. The molecule has 1 N–H and O–H groups in total. The molecule has 0 rings (SSSR count). The smallest absolute Gasteiger partial charge is 0.320 e. The lowest BCUT2D eigenvalue weighted by atomic mass is 10.2. The number of carbonyl (C=O) groups excluding carboxylic acids is 1.